The molecule has 132 valence electrons. The Morgan fingerprint density at radius 3 is 2.64 bits per heavy atom. The largest absolute Gasteiger partial charge is 0.459 e. The van der Waals surface area contributed by atoms with Crippen molar-refractivity contribution < 1.29 is 14.3 Å². The molecule has 1 aliphatic rings. The van der Waals surface area contributed by atoms with Crippen LogP contribution in [-0.4, -0.2) is 16.9 Å². The Labute approximate surface area is 151 Å². The highest BCUT2D eigenvalue weighted by molar-refractivity contribution is 7.14. The molecule has 6 heteroatoms. The van der Waals surface area contributed by atoms with Gasteiger partial charge in [-0.05, 0) is 30.9 Å². The van der Waals surface area contributed by atoms with E-state index >= 15 is 0 Å². The summed E-state index contributed by atoms with van der Waals surface area (Å²) >= 11 is 1.37. The zero-order chi connectivity index (χ0) is 17.6. The second-order valence-electron chi connectivity index (χ2n) is 6.33. The number of amides is 1. The maximum absolute atomic E-state index is 12.0. The third-order valence-corrected chi connectivity index (χ3v) is 5.25. The van der Waals surface area contributed by atoms with Gasteiger partial charge in [0.25, 0.3) is 0 Å². The van der Waals surface area contributed by atoms with E-state index in [9.17, 15) is 9.59 Å². The fourth-order valence-corrected chi connectivity index (χ4v) is 4.00. The van der Waals surface area contributed by atoms with Crippen molar-refractivity contribution in [1.82, 2.24) is 4.98 Å². The molecule has 1 heterocycles. The highest BCUT2D eigenvalue weighted by Gasteiger charge is 2.20. The van der Waals surface area contributed by atoms with Crippen LogP contribution in [0.2, 0.25) is 0 Å². The first kappa shape index (κ1) is 17.6. The van der Waals surface area contributed by atoms with Gasteiger partial charge in [-0.25, -0.2) is 4.98 Å². The summed E-state index contributed by atoms with van der Waals surface area (Å²) in [5.41, 5.74) is 1.44. The number of para-hydroxylation sites is 1. The van der Waals surface area contributed by atoms with Crippen LogP contribution in [0, 0.1) is 5.92 Å². The van der Waals surface area contributed by atoms with Crippen molar-refractivity contribution in [3.8, 4) is 0 Å². The Morgan fingerprint density at radius 2 is 1.96 bits per heavy atom. The number of hydrogen-bond acceptors (Lipinski definition) is 5. The van der Waals surface area contributed by atoms with Crippen LogP contribution in [0.3, 0.4) is 0 Å². The smallest absolute Gasteiger partial charge is 0.306 e. The standard InChI is InChI=1S/C19H22N2O3S/c1-14(22)21(17-9-3-2-4-10-17)19-20-16(13-25-19)12-24-18(23)11-15-7-5-6-8-15/h2-4,9-10,13,15H,5-8,11-12H2,1H3. The van der Waals surface area contributed by atoms with E-state index in [0.717, 1.165) is 18.5 Å². The van der Waals surface area contributed by atoms with Crippen LogP contribution in [0.1, 0.15) is 44.7 Å². The topological polar surface area (TPSA) is 59.5 Å². The summed E-state index contributed by atoms with van der Waals surface area (Å²) in [5, 5.41) is 2.41. The SMILES string of the molecule is CC(=O)N(c1ccccc1)c1nc(COC(=O)CC2CCCC2)cs1. The van der Waals surface area contributed by atoms with E-state index in [0.29, 0.717) is 23.2 Å². The number of ether oxygens (including phenoxy) is 1. The zero-order valence-electron chi connectivity index (χ0n) is 14.3. The first-order chi connectivity index (χ1) is 12.1. The number of carbonyl (C=O) groups is 2. The van der Waals surface area contributed by atoms with Gasteiger partial charge < -0.3 is 4.74 Å². The minimum absolute atomic E-state index is 0.106. The molecule has 0 aliphatic heterocycles. The summed E-state index contributed by atoms with van der Waals surface area (Å²) in [4.78, 5) is 30.0. The first-order valence-electron chi connectivity index (χ1n) is 8.59. The minimum Gasteiger partial charge on any atom is -0.459 e. The summed E-state index contributed by atoms with van der Waals surface area (Å²) in [6.07, 6.45) is 5.18. The maximum atomic E-state index is 12.0. The Balaban J connectivity index is 1.61. The highest BCUT2D eigenvalue weighted by Crippen LogP contribution is 2.30. The molecule has 5 nitrogen and oxygen atoms in total. The van der Waals surface area contributed by atoms with Crippen molar-refractivity contribution in [3.05, 3.63) is 41.4 Å². The van der Waals surface area contributed by atoms with Gasteiger partial charge in [-0.3, -0.25) is 14.5 Å². The van der Waals surface area contributed by atoms with Gasteiger partial charge in [0.2, 0.25) is 5.91 Å². The van der Waals surface area contributed by atoms with E-state index < -0.39 is 0 Å². The van der Waals surface area contributed by atoms with Crippen molar-refractivity contribution >= 4 is 34.0 Å². The average molecular weight is 358 g/mol. The second-order valence-corrected chi connectivity index (χ2v) is 7.16. The molecule has 0 spiro atoms. The highest BCUT2D eigenvalue weighted by atomic mass is 32.1. The molecule has 3 rings (SSSR count). The number of anilines is 2. The molecule has 1 aromatic carbocycles. The van der Waals surface area contributed by atoms with E-state index in [4.69, 9.17) is 4.74 Å². The first-order valence-corrected chi connectivity index (χ1v) is 9.47. The number of hydrogen-bond donors (Lipinski definition) is 0. The summed E-state index contributed by atoms with van der Waals surface area (Å²) < 4.78 is 5.35. The molecular formula is C19H22N2O3S. The minimum atomic E-state index is -0.159. The Bertz CT molecular complexity index is 723. The average Bonchev–Trinajstić information content (AvgIpc) is 3.26. The molecule has 0 saturated heterocycles. The van der Waals surface area contributed by atoms with E-state index in [1.165, 1.54) is 31.1 Å². The lowest BCUT2D eigenvalue weighted by Crippen LogP contribution is -2.22. The van der Waals surface area contributed by atoms with Crippen LogP contribution in [0.15, 0.2) is 35.7 Å². The third kappa shape index (κ3) is 4.66. The Hall–Kier alpha value is -2.21. The van der Waals surface area contributed by atoms with Crippen molar-refractivity contribution in [2.75, 3.05) is 4.90 Å². The van der Waals surface area contributed by atoms with Gasteiger partial charge in [-0.15, -0.1) is 11.3 Å². The van der Waals surface area contributed by atoms with Crippen LogP contribution in [0.5, 0.6) is 0 Å². The number of esters is 1. The van der Waals surface area contributed by atoms with Crippen LogP contribution < -0.4 is 4.90 Å². The van der Waals surface area contributed by atoms with Gasteiger partial charge in [0.15, 0.2) is 5.13 Å². The normalized spacial score (nSPS) is 14.4. The molecular weight excluding hydrogens is 336 g/mol. The summed E-state index contributed by atoms with van der Waals surface area (Å²) in [6, 6.07) is 9.39. The third-order valence-electron chi connectivity index (χ3n) is 4.37. The predicted octanol–water partition coefficient (Wildman–Crippen LogP) is 4.45. The van der Waals surface area contributed by atoms with Crippen LogP contribution >= 0.6 is 11.3 Å². The predicted molar refractivity (Wildman–Crippen MR) is 97.7 cm³/mol. The van der Waals surface area contributed by atoms with Crippen molar-refractivity contribution in [3.63, 3.8) is 0 Å². The second kappa shape index (κ2) is 8.25. The summed E-state index contributed by atoms with van der Waals surface area (Å²) in [5.74, 6) is 0.211. The quantitative estimate of drug-likeness (QED) is 0.716. The van der Waals surface area contributed by atoms with Crippen LogP contribution in [-0.2, 0) is 20.9 Å². The molecule has 1 saturated carbocycles. The fourth-order valence-electron chi connectivity index (χ4n) is 3.13. The van der Waals surface area contributed by atoms with Crippen LogP contribution in [0.25, 0.3) is 0 Å². The van der Waals surface area contributed by atoms with Crippen LogP contribution in [0.4, 0.5) is 10.8 Å². The number of nitrogens with zero attached hydrogens (tertiary/aromatic N) is 2. The Kier molecular flexibility index (Phi) is 5.81. The van der Waals surface area contributed by atoms with Crippen molar-refractivity contribution in [2.45, 2.75) is 45.6 Å². The summed E-state index contributed by atoms with van der Waals surface area (Å²) in [6.45, 7) is 1.66. The van der Waals surface area contributed by atoms with Gasteiger partial charge in [0.05, 0.1) is 11.4 Å². The van der Waals surface area contributed by atoms with Crippen molar-refractivity contribution in [1.29, 1.82) is 0 Å². The molecule has 1 fully saturated rings. The van der Waals surface area contributed by atoms with Gasteiger partial charge >= 0.3 is 5.97 Å². The lowest BCUT2D eigenvalue weighted by molar-refractivity contribution is -0.146. The maximum Gasteiger partial charge on any atom is 0.306 e. The molecule has 25 heavy (non-hydrogen) atoms. The van der Waals surface area contributed by atoms with E-state index in [-0.39, 0.29) is 18.5 Å². The fraction of sp³-hybridized carbons (Fsp3) is 0.421. The van der Waals surface area contributed by atoms with E-state index in [1.807, 2.05) is 35.7 Å². The van der Waals surface area contributed by atoms with Gasteiger partial charge in [-0.2, -0.15) is 0 Å². The number of thiazole rings is 1. The molecule has 1 aromatic heterocycles. The lowest BCUT2D eigenvalue weighted by Gasteiger charge is -2.17. The van der Waals surface area contributed by atoms with Gasteiger partial charge in [-0.1, -0.05) is 31.0 Å². The van der Waals surface area contributed by atoms with E-state index in [2.05, 4.69) is 4.98 Å². The molecule has 0 unspecified atom stereocenters. The number of aromatic nitrogens is 1. The monoisotopic (exact) mass is 358 g/mol. The molecule has 0 atom stereocenters. The molecule has 0 N–H and O–H groups in total. The number of benzene rings is 1. The van der Waals surface area contributed by atoms with E-state index in [1.54, 1.807) is 4.90 Å². The molecule has 2 aromatic rings. The zero-order valence-corrected chi connectivity index (χ0v) is 15.1. The van der Waals surface area contributed by atoms with Gasteiger partial charge in [0.1, 0.15) is 6.61 Å². The molecule has 0 radical (unpaired) electrons. The number of rotatable bonds is 6. The van der Waals surface area contributed by atoms with Gasteiger partial charge in [0, 0.05) is 18.7 Å². The lowest BCUT2D eigenvalue weighted by atomic mass is 10.0. The molecule has 1 aliphatic carbocycles. The summed E-state index contributed by atoms with van der Waals surface area (Å²) in [7, 11) is 0. The number of carbonyl (C=O) groups excluding carboxylic acids is 2. The molecule has 0 bridgehead atoms. The molecule has 1 amide bonds. The van der Waals surface area contributed by atoms with Crippen molar-refractivity contribution in [2.24, 2.45) is 5.92 Å². The Morgan fingerprint density at radius 1 is 1.24 bits per heavy atom.